The molecule has 3 heterocycles. The van der Waals surface area contributed by atoms with Crippen molar-refractivity contribution in [3.05, 3.63) is 92.9 Å². The third kappa shape index (κ3) is 3.54. The van der Waals surface area contributed by atoms with Crippen molar-refractivity contribution in [2.24, 2.45) is 0 Å². The minimum Gasteiger partial charge on any atom is -0.457 e. The van der Waals surface area contributed by atoms with E-state index in [2.05, 4.69) is 10.6 Å². The number of hydrogen-bond acceptors (Lipinski definition) is 4. The summed E-state index contributed by atoms with van der Waals surface area (Å²) in [6, 6.07) is 13.9. The first-order valence-electron chi connectivity index (χ1n) is 10.0. The van der Waals surface area contributed by atoms with Crippen LogP contribution >= 0.6 is 0 Å². The number of carbonyl (C=O) groups is 1. The zero-order valence-corrected chi connectivity index (χ0v) is 16.6. The molecule has 1 fully saturated rings. The van der Waals surface area contributed by atoms with Crippen molar-refractivity contribution in [3.8, 4) is 11.5 Å². The van der Waals surface area contributed by atoms with Gasteiger partial charge in [0.25, 0.3) is 11.5 Å². The zero-order valence-electron chi connectivity index (χ0n) is 16.6. The van der Waals surface area contributed by atoms with Gasteiger partial charge in [0.05, 0.1) is 6.04 Å². The Hall–Kier alpha value is -3.59. The van der Waals surface area contributed by atoms with Crippen LogP contribution in [-0.2, 0) is 6.18 Å². The van der Waals surface area contributed by atoms with Crippen molar-refractivity contribution in [3.63, 3.8) is 0 Å². The lowest BCUT2D eigenvalue weighted by molar-refractivity contribution is -0.141. The van der Waals surface area contributed by atoms with Crippen LogP contribution in [0.3, 0.4) is 0 Å². The van der Waals surface area contributed by atoms with Gasteiger partial charge in [0, 0.05) is 30.1 Å². The van der Waals surface area contributed by atoms with Gasteiger partial charge in [-0.15, -0.1) is 0 Å². The number of carbonyl (C=O) groups excluding carboxylic acids is 1. The predicted molar refractivity (Wildman–Crippen MR) is 110 cm³/mol. The fourth-order valence-electron chi connectivity index (χ4n) is 3.94. The number of benzene rings is 2. The summed E-state index contributed by atoms with van der Waals surface area (Å²) in [7, 11) is 0. The quantitative estimate of drug-likeness (QED) is 0.579. The molecule has 1 unspecified atom stereocenters. The SMILES string of the molecule is O=C(NC1c2ccccc2Oc2cc(C3CNC3)ccc21)c1ccc(C(F)(F)F)[nH]c1=O. The smallest absolute Gasteiger partial charge is 0.431 e. The highest BCUT2D eigenvalue weighted by atomic mass is 19.4. The molecule has 2 aliphatic heterocycles. The van der Waals surface area contributed by atoms with Crippen molar-refractivity contribution in [1.82, 2.24) is 15.6 Å². The van der Waals surface area contributed by atoms with Gasteiger partial charge in [0.2, 0.25) is 0 Å². The van der Waals surface area contributed by atoms with Crippen LogP contribution in [0.4, 0.5) is 13.2 Å². The van der Waals surface area contributed by atoms with E-state index in [1.807, 2.05) is 24.3 Å². The Morgan fingerprint density at radius 3 is 2.44 bits per heavy atom. The van der Waals surface area contributed by atoms with E-state index < -0.39 is 34.9 Å². The van der Waals surface area contributed by atoms with Crippen LogP contribution < -0.4 is 20.9 Å². The number of rotatable bonds is 3. The van der Waals surface area contributed by atoms with Gasteiger partial charge in [-0.3, -0.25) is 9.59 Å². The molecule has 0 bridgehead atoms. The number of aromatic amines is 1. The number of alkyl halides is 3. The zero-order chi connectivity index (χ0) is 22.5. The molecule has 1 aromatic heterocycles. The maximum atomic E-state index is 12.9. The average molecular weight is 441 g/mol. The Kier molecular flexibility index (Phi) is 4.78. The third-order valence-electron chi connectivity index (χ3n) is 5.79. The molecule has 0 saturated carbocycles. The lowest BCUT2D eigenvalue weighted by Gasteiger charge is -2.32. The summed E-state index contributed by atoms with van der Waals surface area (Å²) >= 11 is 0. The molecule has 2 aromatic carbocycles. The lowest BCUT2D eigenvalue weighted by Crippen LogP contribution is -2.40. The molecule has 164 valence electrons. The van der Waals surface area contributed by atoms with E-state index in [1.54, 1.807) is 23.2 Å². The second-order valence-corrected chi connectivity index (χ2v) is 7.81. The largest absolute Gasteiger partial charge is 0.457 e. The molecule has 9 heteroatoms. The van der Waals surface area contributed by atoms with Crippen LogP contribution in [-0.4, -0.2) is 24.0 Å². The minimum absolute atomic E-state index is 0.389. The van der Waals surface area contributed by atoms with Crippen molar-refractivity contribution >= 4 is 5.91 Å². The minimum atomic E-state index is -4.71. The maximum Gasteiger partial charge on any atom is 0.431 e. The molecule has 6 nitrogen and oxygen atoms in total. The second-order valence-electron chi connectivity index (χ2n) is 7.81. The molecule has 0 radical (unpaired) electrons. The highest BCUT2D eigenvalue weighted by molar-refractivity contribution is 5.94. The summed E-state index contributed by atoms with van der Waals surface area (Å²) < 4.78 is 44.6. The Morgan fingerprint density at radius 1 is 1.00 bits per heavy atom. The maximum absolute atomic E-state index is 12.9. The van der Waals surface area contributed by atoms with Crippen LogP contribution in [0.15, 0.2) is 59.4 Å². The molecule has 0 spiro atoms. The number of ether oxygens (including phenoxy) is 1. The van der Waals surface area contributed by atoms with Crippen LogP contribution in [0.5, 0.6) is 11.5 Å². The van der Waals surface area contributed by atoms with Crippen molar-refractivity contribution in [1.29, 1.82) is 0 Å². The highest BCUT2D eigenvalue weighted by Gasteiger charge is 2.34. The monoisotopic (exact) mass is 441 g/mol. The number of halogens is 3. The first-order valence-corrected chi connectivity index (χ1v) is 10.0. The molecular weight excluding hydrogens is 423 g/mol. The van der Waals surface area contributed by atoms with Crippen LogP contribution in [0.2, 0.25) is 0 Å². The van der Waals surface area contributed by atoms with E-state index in [-0.39, 0.29) is 0 Å². The third-order valence-corrected chi connectivity index (χ3v) is 5.79. The van der Waals surface area contributed by atoms with Gasteiger partial charge in [0.1, 0.15) is 22.8 Å². The Bertz CT molecular complexity index is 1270. The number of nitrogens with one attached hydrogen (secondary N) is 3. The van der Waals surface area contributed by atoms with E-state index in [0.717, 1.165) is 24.7 Å². The molecule has 32 heavy (non-hydrogen) atoms. The molecular formula is C23H18F3N3O3. The molecule has 1 atom stereocenters. The first kappa shape index (κ1) is 20.3. The standard InChI is InChI=1S/C23H18F3N3O3/c24-23(25,26)19-8-7-16(21(30)28-19)22(31)29-20-14-3-1-2-4-17(14)32-18-9-12(5-6-15(18)20)13-10-27-11-13/h1-9,13,20,27H,10-11H2,(H,28,30)(H,29,31). The fraction of sp³-hybridized carbons (Fsp3) is 0.217. The van der Waals surface area contributed by atoms with Gasteiger partial charge in [-0.1, -0.05) is 30.3 Å². The van der Waals surface area contributed by atoms with Crippen LogP contribution in [0, 0.1) is 0 Å². The van der Waals surface area contributed by atoms with Gasteiger partial charge in [-0.25, -0.2) is 0 Å². The fourth-order valence-corrected chi connectivity index (χ4v) is 3.94. The molecule has 5 rings (SSSR count). The van der Waals surface area contributed by atoms with Crippen LogP contribution in [0.25, 0.3) is 0 Å². The molecule has 1 amide bonds. The Balaban J connectivity index is 1.49. The van der Waals surface area contributed by atoms with Gasteiger partial charge >= 0.3 is 6.18 Å². The first-order chi connectivity index (χ1) is 15.3. The average Bonchev–Trinajstić information content (AvgIpc) is 2.71. The topological polar surface area (TPSA) is 83.2 Å². The number of aromatic nitrogens is 1. The van der Waals surface area contributed by atoms with Gasteiger partial charge in [-0.05, 0) is 29.8 Å². The highest BCUT2D eigenvalue weighted by Crippen LogP contribution is 2.44. The van der Waals surface area contributed by atoms with E-state index in [1.165, 1.54) is 0 Å². The number of hydrogen-bond donors (Lipinski definition) is 3. The predicted octanol–water partition coefficient (Wildman–Crippen LogP) is 3.71. The van der Waals surface area contributed by atoms with E-state index >= 15 is 0 Å². The van der Waals surface area contributed by atoms with Crippen molar-refractivity contribution in [2.45, 2.75) is 18.1 Å². The second kappa shape index (κ2) is 7.52. The lowest BCUT2D eigenvalue weighted by atomic mass is 9.88. The molecule has 0 aliphatic carbocycles. The Morgan fingerprint density at radius 2 is 1.75 bits per heavy atom. The van der Waals surface area contributed by atoms with Gasteiger partial charge in [0.15, 0.2) is 0 Å². The summed E-state index contributed by atoms with van der Waals surface area (Å²) in [5, 5.41) is 6.02. The van der Waals surface area contributed by atoms with Crippen molar-refractivity contribution in [2.75, 3.05) is 13.1 Å². The number of amides is 1. The summed E-state index contributed by atoms with van der Waals surface area (Å²) in [5.74, 6) is 0.773. The van der Waals surface area contributed by atoms with E-state index in [9.17, 15) is 22.8 Å². The number of H-pyrrole nitrogens is 1. The summed E-state index contributed by atoms with van der Waals surface area (Å²) in [6.45, 7) is 1.76. The van der Waals surface area contributed by atoms with Crippen LogP contribution in [0.1, 0.15) is 44.7 Å². The molecule has 1 saturated heterocycles. The van der Waals surface area contributed by atoms with Crippen molar-refractivity contribution < 1.29 is 22.7 Å². The normalized spacial score (nSPS) is 17.5. The Labute approximate surface area is 180 Å². The van der Waals surface area contributed by atoms with Gasteiger partial charge in [-0.2, -0.15) is 13.2 Å². The number of pyridine rings is 1. The van der Waals surface area contributed by atoms with E-state index in [0.29, 0.717) is 34.6 Å². The summed E-state index contributed by atoms with van der Waals surface area (Å²) in [5.41, 5.74) is -0.206. The number of para-hydroxylation sites is 1. The number of fused-ring (bicyclic) bond motifs is 2. The van der Waals surface area contributed by atoms with E-state index in [4.69, 9.17) is 4.74 Å². The summed E-state index contributed by atoms with van der Waals surface area (Å²) in [6.07, 6.45) is -4.71. The molecule has 2 aliphatic rings. The molecule has 3 aromatic rings. The molecule has 3 N–H and O–H groups in total. The summed E-state index contributed by atoms with van der Waals surface area (Å²) in [4.78, 5) is 26.8. The van der Waals surface area contributed by atoms with Gasteiger partial charge < -0.3 is 20.4 Å².